The Balaban J connectivity index is 2.08. The number of anilines is 3. The zero-order chi connectivity index (χ0) is 13.8. The number of nitrogens with two attached hydrogens (primary N) is 1. The molecule has 5 heteroatoms. The first kappa shape index (κ1) is 13.9. The maximum atomic E-state index is 5.91. The standard InChI is InChI=1S/C14H25N5/c1-10(2)8-17-14-7-12(6-13(15)18-14)19-5-4-11(9-19)16-3/h6-7,10-11,16H,4-5,8-9H2,1-3H3,(H3,15,17,18)/t11-/m1/s1. The predicted molar refractivity (Wildman–Crippen MR) is 81.7 cm³/mol. The Kier molecular flexibility index (Phi) is 4.47. The minimum Gasteiger partial charge on any atom is -0.384 e. The third kappa shape index (κ3) is 3.73. The van der Waals surface area contributed by atoms with Crippen molar-refractivity contribution in [1.82, 2.24) is 10.3 Å². The zero-order valence-corrected chi connectivity index (χ0v) is 12.1. The highest BCUT2D eigenvalue weighted by atomic mass is 15.2. The van der Waals surface area contributed by atoms with E-state index < -0.39 is 0 Å². The summed E-state index contributed by atoms with van der Waals surface area (Å²) >= 11 is 0. The van der Waals surface area contributed by atoms with Gasteiger partial charge in [0.1, 0.15) is 11.6 Å². The molecule has 4 N–H and O–H groups in total. The maximum Gasteiger partial charge on any atom is 0.130 e. The Bertz CT molecular complexity index is 418. The van der Waals surface area contributed by atoms with E-state index in [0.29, 0.717) is 17.8 Å². The van der Waals surface area contributed by atoms with Crippen molar-refractivity contribution >= 4 is 17.3 Å². The molecule has 1 fully saturated rings. The van der Waals surface area contributed by atoms with Gasteiger partial charge in [-0.2, -0.15) is 0 Å². The van der Waals surface area contributed by atoms with Gasteiger partial charge in [0.15, 0.2) is 0 Å². The highest BCUT2D eigenvalue weighted by Gasteiger charge is 2.21. The van der Waals surface area contributed by atoms with Gasteiger partial charge in [0.05, 0.1) is 0 Å². The van der Waals surface area contributed by atoms with Crippen LogP contribution in [0, 0.1) is 5.92 Å². The summed E-state index contributed by atoms with van der Waals surface area (Å²) in [6.45, 7) is 7.37. The first-order valence-electron chi connectivity index (χ1n) is 7.02. The molecule has 1 aliphatic heterocycles. The van der Waals surface area contributed by atoms with Gasteiger partial charge >= 0.3 is 0 Å². The van der Waals surface area contributed by atoms with Gasteiger partial charge in [0, 0.05) is 43.5 Å². The summed E-state index contributed by atoms with van der Waals surface area (Å²) in [7, 11) is 2.02. The number of pyridine rings is 1. The second kappa shape index (κ2) is 6.10. The summed E-state index contributed by atoms with van der Waals surface area (Å²) in [5, 5.41) is 6.67. The smallest absolute Gasteiger partial charge is 0.130 e. The Labute approximate surface area is 115 Å². The van der Waals surface area contributed by atoms with E-state index in [4.69, 9.17) is 5.73 Å². The molecule has 0 radical (unpaired) electrons. The van der Waals surface area contributed by atoms with E-state index in [2.05, 4.69) is 40.4 Å². The summed E-state index contributed by atoms with van der Waals surface area (Å²) in [5.74, 6) is 2.04. The lowest BCUT2D eigenvalue weighted by Crippen LogP contribution is -2.29. The lowest BCUT2D eigenvalue weighted by Gasteiger charge is -2.20. The van der Waals surface area contributed by atoms with Crippen LogP contribution in [0.15, 0.2) is 12.1 Å². The fraction of sp³-hybridized carbons (Fsp3) is 0.643. The Hall–Kier alpha value is -1.49. The van der Waals surface area contributed by atoms with E-state index in [9.17, 15) is 0 Å². The van der Waals surface area contributed by atoms with Crippen LogP contribution >= 0.6 is 0 Å². The van der Waals surface area contributed by atoms with Crippen molar-refractivity contribution in [3.05, 3.63) is 12.1 Å². The SMILES string of the molecule is CN[C@@H]1CCN(c2cc(N)nc(NCC(C)C)c2)C1. The van der Waals surface area contributed by atoms with E-state index >= 15 is 0 Å². The molecule has 0 spiro atoms. The third-order valence-electron chi connectivity index (χ3n) is 3.48. The molecule has 1 aromatic rings. The number of rotatable bonds is 5. The second-order valence-electron chi connectivity index (χ2n) is 5.63. The highest BCUT2D eigenvalue weighted by molar-refractivity contribution is 5.60. The molecule has 106 valence electrons. The molecule has 0 aliphatic carbocycles. The number of nitrogens with zero attached hydrogens (tertiary/aromatic N) is 2. The average molecular weight is 263 g/mol. The number of nitrogens with one attached hydrogen (secondary N) is 2. The molecule has 1 aromatic heterocycles. The van der Waals surface area contributed by atoms with Crippen molar-refractivity contribution in [1.29, 1.82) is 0 Å². The van der Waals surface area contributed by atoms with Crippen molar-refractivity contribution in [2.75, 3.05) is 42.6 Å². The van der Waals surface area contributed by atoms with Crippen LogP contribution in [0.5, 0.6) is 0 Å². The minimum absolute atomic E-state index is 0.571. The predicted octanol–water partition coefficient (Wildman–Crippen LogP) is 1.53. The molecule has 0 saturated carbocycles. The zero-order valence-electron chi connectivity index (χ0n) is 12.1. The summed E-state index contributed by atoms with van der Waals surface area (Å²) in [6, 6.07) is 4.62. The van der Waals surface area contributed by atoms with Crippen LogP contribution < -0.4 is 21.3 Å². The van der Waals surface area contributed by atoms with E-state index in [1.54, 1.807) is 0 Å². The Morgan fingerprint density at radius 1 is 1.47 bits per heavy atom. The van der Waals surface area contributed by atoms with Gasteiger partial charge in [-0.05, 0) is 19.4 Å². The normalized spacial score (nSPS) is 19.2. The number of hydrogen-bond donors (Lipinski definition) is 3. The lowest BCUT2D eigenvalue weighted by atomic mass is 10.2. The van der Waals surface area contributed by atoms with Crippen LogP contribution in [0.2, 0.25) is 0 Å². The summed E-state index contributed by atoms with van der Waals surface area (Å²) in [4.78, 5) is 6.70. The van der Waals surface area contributed by atoms with Crippen molar-refractivity contribution in [3.63, 3.8) is 0 Å². The van der Waals surface area contributed by atoms with Crippen LogP contribution in [-0.2, 0) is 0 Å². The molecule has 0 amide bonds. The molecule has 0 bridgehead atoms. The first-order valence-corrected chi connectivity index (χ1v) is 7.02. The van der Waals surface area contributed by atoms with E-state index in [1.807, 2.05) is 13.1 Å². The van der Waals surface area contributed by atoms with Crippen molar-refractivity contribution in [3.8, 4) is 0 Å². The van der Waals surface area contributed by atoms with E-state index in [-0.39, 0.29) is 0 Å². The minimum atomic E-state index is 0.571. The van der Waals surface area contributed by atoms with Gasteiger partial charge in [-0.15, -0.1) is 0 Å². The first-order chi connectivity index (χ1) is 9.08. The van der Waals surface area contributed by atoms with Crippen LogP contribution in [0.25, 0.3) is 0 Å². The fourth-order valence-electron chi connectivity index (χ4n) is 2.35. The molecule has 0 unspecified atom stereocenters. The van der Waals surface area contributed by atoms with Crippen LogP contribution in [0.3, 0.4) is 0 Å². The summed E-state index contributed by atoms with van der Waals surface area (Å²) in [5.41, 5.74) is 7.07. The van der Waals surface area contributed by atoms with Crippen LogP contribution in [-0.4, -0.2) is 37.7 Å². The van der Waals surface area contributed by atoms with Crippen LogP contribution in [0.4, 0.5) is 17.3 Å². The summed E-state index contributed by atoms with van der Waals surface area (Å²) < 4.78 is 0. The average Bonchev–Trinajstić information content (AvgIpc) is 2.84. The monoisotopic (exact) mass is 263 g/mol. The van der Waals surface area contributed by atoms with E-state index in [1.165, 1.54) is 6.42 Å². The molecule has 5 nitrogen and oxygen atoms in total. The molecule has 2 rings (SSSR count). The Morgan fingerprint density at radius 3 is 2.89 bits per heavy atom. The molecular formula is C14H25N5. The van der Waals surface area contributed by atoms with Gasteiger partial charge in [0.2, 0.25) is 0 Å². The topological polar surface area (TPSA) is 66.2 Å². The van der Waals surface area contributed by atoms with Gasteiger partial charge in [-0.3, -0.25) is 0 Å². The van der Waals surface area contributed by atoms with Gasteiger partial charge in [-0.25, -0.2) is 4.98 Å². The summed E-state index contributed by atoms with van der Waals surface area (Å²) in [6.07, 6.45) is 1.17. The van der Waals surface area contributed by atoms with Crippen LogP contribution in [0.1, 0.15) is 20.3 Å². The third-order valence-corrected chi connectivity index (χ3v) is 3.48. The molecule has 19 heavy (non-hydrogen) atoms. The maximum absolute atomic E-state index is 5.91. The molecule has 1 saturated heterocycles. The fourth-order valence-corrected chi connectivity index (χ4v) is 2.35. The number of aromatic nitrogens is 1. The molecular weight excluding hydrogens is 238 g/mol. The van der Waals surface area contributed by atoms with Crippen molar-refractivity contribution in [2.45, 2.75) is 26.3 Å². The second-order valence-corrected chi connectivity index (χ2v) is 5.63. The van der Waals surface area contributed by atoms with E-state index in [0.717, 1.165) is 31.1 Å². The van der Waals surface area contributed by atoms with Gasteiger partial charge in [-0.1, -0.05) is 13.8 Å². The molecule has 1 atom stereocenters. The highest BCUT2D eigenvalue weighted by Crippen LogP contribution is 2.24. The Morgan fingerprint density at radius 2 is 2.26 bits per heavy atom. The molecule has 1 aliphatic rings. The van der Waals surface area contributed by atoms with Gasteiger partial charge < -0.3 is 21.3 Å². The molecule has 2 heterocycles. The number of hydrogen-bond acceptors (Lipinski definition) is 5. The molecule has 0 aromatic carbocycles. The largest absolute Gasteiger partial charge is 0.384 e. The van der Waals surface area contributed by atoms with Crippen molar-refractivity contribution < 1.29 is 0 Å². The quantitative estimate of drug-likeness (QED) is 0.752. The number of nitrogen functional groups attached to an aromatic ring is 1. The lowest BCUT2D eigenvalue weighted by molar-refractivity contribution is 0.617. The van der Waals surface area contributed by atoms with Crippen molar-refractivity contribution in [2.24, 2.45) is 5.92 Å². The van der Waals surface area contributed by atoms with Gasteiger partial charge in [0.25, 0.3) is 0 Å². The number of likely N-dealkylation sites (N-methyl/N-ethyl adjacent to an activating group) is 1.